The van der Waals surface area contributed by atoms with Gasteiger partial charge in [-0.25, -0.2) is 4.79 Å². The van der Waals surface area contributed by atoms with Gasteiger partial charge in [-0.2, -0.15) is 0 Å². The molecule has 0 spiro atoms. The zero-order chi connectivity index (χ0) is 30.7. The predicted octanol–water partition coefficient (Wildman–Crippen LogP) is 7.49. The summed E-state index contributed by atoms with van der Waals surface area (Å²) in [5.74, 6) is -1.78. The molecule has 0 fully saturated rings. The van der Waals surface area contributed by atoms with Gasteiger partial charge >= 0.3 is 5.97 Å². The van der Waals surface area contributed by atoms with E-state index in [9.17, 15) is 19.5 Å². The van der Waals surface area contributed by atoms with Crippen LogP contribution in [0.2, 0.25) is 0 Å². The maximum absolute atomic E-state index is 13.4. The number of para-hydroxylation sites is 1. The lowest BCUT2D eigenvalue weighted by Crippen LogP contribution is -2.53. The van der Waals surface area contributed by atoms with Crippen molar-refractivity contribution in [2.24, 2.45) is 0 Å². The van der Waals surface area contributed by atoms with E-state index in [-0.39, 0.29) is 18.7 Å². The zero-order valence-corrected chi connectivity index (χ0v) is 25.9. The molecule has 7 heteroatoms. The van der Waals surface area contributed by atoms with Crippen molar-refractivity contribution in [2.75, 3.05) is 0 Å². The summed E-state index contributed by atoms with van der Waals surface area (Å²) < 4.78 is 0. The molecule has 3 aromatic rings. The standard InChI is InChI=1S/C36H51N3O4/c1-2-3-4-5-6-7-8-9-10-11-12-13-17-24-34(40)38-32(25-28-20-15-14-16-21-28)35(41)39-33(36(42)43)26-29-27-37-31-23-19-18-22-30(29)31/h14-16,18-23,27,32-33,37H,2-13,17,24-26H2,1H3,(H,38,40)(H,39,41)(H,42,43). The molecule has 0 aliphatic heterocycles. The zero-order valence-electron chi connectivity index (χ0n) is 25.9. The van der Waals surface area contributed by atoms with Gasteiger partial charge in [-0.05, 0) is 23.6 Å². The van der Waals surface area contributed by atoms with E-state index < -0.39 is 24.0 Å². The number of fused-ring (bicyclic) bond motifs is 1. The van der Waals surface area contributed by atoms with Crippen LogP contribution in [0.4, 0.5) is 0 Å². The van der Waals surface area contributed by atoms with Gasteiger partial charge in [0.1, 0.15) is 12.1 Å². The summed E-state index contributed by atoms with van der Waals surface area (Å²) in [6.45, 7) is 2.25. The van der Waals surface area contributed by atoms with Gasteiger partial charge < -0.3 is 20.7 Å². The first-order valence-corrected chi connectivity index (χ1v) is 16.4. The topological polar surface area (TPSA) is 111 Å². The largest absolute Gasteiger partial charge is 0.480 e. The van der Waals surface area contributed by atoms with Crippen molar-refractivity contribution in [3.05, 3.63) is 71.9 Å². The van der Waals surface area contributed by atoms with E-state index in [0.717, 1.165) is 41.3 Å². The molecule has 0 saturated carbocycles. The van der Waals surface area contributed by atoms with Crippen molar-refractivity contribution in [3.63, 3.8) is 0 Å². The molecular weight excluding hydrogens is 538 g/mol. The summed E-state index contributed by atoms with van der Waals surface area (Å²) in [4.78, 5) is 41.5. The summed E-state index contributed by atoms with van der Waals surface area (Å²) in [5.41, 5.74) is 2.62. The maximum Gasteiger partial charge on any atom is 0.326 e. The Morgan fingerprint density at radius 1 is 0.698 bits per heavy atom. The van der Waals surface area contributed by atoms with Crippen molar-refractivity contribution in [3.8, 4) is 0 Å². The molecule has 1 aromatic heterocycles. The Morgan fingerprint density at radius 2 is 1.28 bits per heavy atom. The second-order valence-electron chi connectivity index (χ2n) is 11.8. The Kier molecular flexibility index (Phi) is 15.4. The molecule has 0 radical (unpaired) electrons. The van der Waals surface area contributed by atoms with E-state index in [1.807, 2.05) is 54.6 Å². The second-order valence-corrected chi connectivity index (χ2v) is 11.8. The number of amides is 2. The number of carboxylic acid groups (broad SMARTS) is 1. The van der Waals surface area contributed by atoms with E-state index in [2.05, 4.69) is 22.5 Å². The fourth-order valence-corrected chi connectivity index (χ4v) is 5.62. The number of aromatic amines is 1. The van der Waals surface area contributed by atoms with Gasteiger partial charge in [-0.3, -0.25) is 9.59 Å². The third kappa shape index (κ3) is 12.7. The lowest BCUT2D eigenvalue weighted by Gasteiger charge is -2.22. The van der Waals surface area contributed by atoms with Crippen LogP contribution in [0.1, 0.15) is 108 Å². The number of carboxylic acids is 1. The first-order chi connectivity index (χ1) is 21.0. The fraction of sp³-hybridized carbons (Fsp3) is 0.528. The first kappa shape index (κ1) is 33.9. The molecule has 3 rings (SSSR count). The molecule has 43 heavy (non-hydrogen) atoms. The molecule has 1 heterocycles. The SMILES string of the molecule is CCCCCCCCCCCCCCCC(=O)NC(Cc1ccccc1)C(=O)NC(Cc1c[nH]c2ccccc12)C(=O)O. The van der Waals surface area contributed by atoms with E-state index in [0.29, 0.717) is 6.42 Å². The number of hydrogen-bond acceptors (Lipinski definition) is 3. The summed E-state index contributed by atoms with van der Waals surface area (Å²) in [7, 11) is 0. The lowest BCUT2D eigenvalue weighted by atomic mass is 10.0. The molecule has 2 amide bonds. The molecule has 2 unspecified atom stereocenters. The molecule has 0 aliphatic rings. The highest BCUT2D eigenvalue weighted by atomic mass is 16.4. The molecule has 2 aromatic carbocycles. The lowest BCUT2D eigenvalue weighted by molar-refractivity contribution is -0.142. The van der Waals surface area contributed by atoms with Gasteiger partial charge in [0, 0.05) is 36.4 Å². The Morgan fingerprint density at radius 3 is 1.91 bits per heavy atom. The molecule has 2 atom stereocenters. The van der Waals surface area contributed by atoms with Crippen LogP contribution in [0, 0.1) is 0 Å². The van der Waals surface area contributed by atoms with Crippen molar-refractivity contribution in [1.82, 2.24) is 15.6 Å². The number of carbonyl (C=O) groups excluding carboxylic acids is 2. The highest BCUT2D eigenvalue weighted by molar-refractivity contribution is 5.91. The van der Waals surface area contributed by atoms with E-state index in [1.54, 1.807) is 6.20 Å². The van der Waals surface area contributed by atoms with E-state index in [4.69, 9.17) is 0 Å². The molecule has 234 valence electrons. The Bertz CT molecular complexity index is 1240. The number of hydrogen-bond donors (Lipinski definition) is 4. The Labute approximate surface area is 257 Å². The third-order valence-corrected chi connectivity index (χ3v) is 8.16. The summed E-state index contributed by atoms with van der Waals surface area (Å²) >= 11 is 0. The maximum atomic E-state index is 13.4. The van der Waals surface area contributed by atoms with Crippen molar-refractivity contribution < 1.29 is 19.5 Å². The number of unbranched alkanes of at least 4 members (excludes halogenated alkanes) is 12. The van der Waals surface area contributed by atoms with Gasteiger partial charge in [-0.1, -0.05) is 133 Å². The van der Waals surface area contributed by atoms with Crippen LogP contribution in [0.25, 0.3) is 10.9 Å². The summed E-state index contributed by atoms with van der Waals surface area (Å²) in [6, 6.07) is 15.2. The molecule has 0 aliphatic carbocycles. The number of aromatic nitrogens is 1. The van der Waals surface area contributed by atoms with Crippen LogP contribution in [-0.2, 0) is 27.2 Å². The van der Waals surface area contributed by atoms with Crippen LogP contribution in [0.5, 0.6) is 0 Å². The van der Waals surface area contributed by atoms with Gasteiger partial charge in [0.2, 0.25) is 11.8 Å². The minimum absolute atomic E-state index is 0.135. The van der Waals surface area contributed by atoms with Gasteiger partial charge in [0.25, 0.3) is 0 Å². The summed E-state index contributed by atoms with van der Waals surface area (Å²) in [6.07, 6.45) is 18.6. The molecule has 7 nitrogen and oxygen atoms in total. The van der Waals surface area contributed by atoms with Gasteiger partial charge in [0.15, 0.2) is 0 Å². The van der Waals surface area contributed by atoms with Crippen molar-refractivity contribution in [2.45, 2.75) is 122 Å². The van der Waals surface area contributed by atoms with Gasteiger partial charge in [0.05, 0.1) is 0 Å². The second kappa shape index (κ2) is 19.6. The highest BCUT2D eigenvalue weighted by Crippen LogP contribution is 2.19. The smallest absolute Gasteiger partial charge is 0.326 e. The number of rotatable bonds is 22. The number of benzene rings is 2. The number of nitrogens with one attached hydrogen (secondary N) is 3. The monoisotopic (exact) mass is 589 g/mol. The average molecular weight is 590 g/mol. The van der Waals surface area contributed by atoms with Crippen molar-refractivity contribution >= 4 is 28.7 Å². The third-order valence-electron chi connectivity index (χ3n) is 8.16. The fourth-order valence-electron chi connectivity index (χ4n) is 5.62. The van der Waals surface area contributed by atoms with Crippen LogP contribution in [0.3, 0.4) is 0 Å². The Hall–Kier alpha value is -3.61. The predicted molar refractivity (Wildman–Crippen MR) is 174 cm³/mol. The van der Waals surface area contributed by atoms with E-state index >= 15 is 0 Å². The number of aliphatic carboxylic acids is 1. The number of H-pyrrole nitrogens is 1. The van der Waals surface area contributed by atoms with Crippen LogP contribution in [0.15, 0.2) is 60.8 Å². The molecular formula is C36H51N3O4. The minimum atomic E-state index is -1.12. The Balaban J connectivity index is 1.44. The van der Waals surface area contributed by atoms with Crippen LogP contribution >= 0.6 is 0 Å². The molecule has 0 saturated heterocycles. The van der Waals surface area contributed by atoms with Crippen molar-refractivity contribution in [1.29, 1.82) is 0 Å². The average Bonchev–Trinajstić information content (AvgIpc) is 3.42. The summed E-state index contributed by atoms with van der Waals surface area (Å²) in [5, 5.41) is 16.4. The van der Waals surface area contributed by atoms with Crippen LogP contribution in [-0.4, -0.2) is 40.0 Å². The van der Waals surface area contributed by atoms with Crippen LogP contribution < -0.4 is 10.6 Å². The first-order valence-electron chi connectivity index (χ1n) is 16.4. The van der Waals surface area contributed by atoms with Gasteiger partial charge in [-0.15, -0.1) is 0 Å². The highest BCUT2D eigenvalue weighted by Gasteiger charge is 2.27. The molecule has 4 N–H and O–H groups in total. The normalized spacial score (nSPS) is 12.6. The quantitative estimate of drug-likeness (QED) is 0.0910. The molecule has 0 bridgehead atoms. The number of carbonyl (C=O) groups is 3. The minimum Gasteiger partial charge on any atom is -0.480 e. The van der Waals surface area contributed by atoms with E-state index in [1.165, 1.54) is 64.2 Å².